The fourth-order valence-electron chi connectivity index (χ4n) is 3.28. The Morgan fingerprint density at radius 2 is 1.96 bits per heavy atom. The third-order valence-corrected chi connectivity index (χ3v) is 4.98. The minimum atomic E-state index is -0.00155. The minimum absolute atomic E-state index is 0.00155. The van der Waals surface area contributed by atoms with Gasteiger partial charge in [0.25, 0.3) is 0 Å². The number of fused-ring (bicyclic) bond motifs is 2. The van der Waals surface area contributed by atoms with Gasteiger partial charge in [0.15, 0.2) is 0 Å². The van der Waals surface area contributed by atoms with Gasteiger partial charge in [0.2, 0.25) is 5.91 Å². The van der Waals surface area contributed by atoms with Crippen molar-refractivity contribution >= 4 is 45.3 Å². The van der Waals surface area contributed by atoms with E-state index >= 15 is 0 Å². The first-order chi connectivity index (χ1) is 13.0. The maximum Gasteiger partial charge on any atom is 0.224 e. The molecule has 2 heterocycles. The molecule has 138 valence electrons. The molecule has 0 aliphatic rings. The van der Waals surface area contributed by atoms with Crippen LogP contribution in [0.3, 0.4) is 0 Å². The summed E-state index contributed by atoms with van der Waals surface area (Å²) in [5.74, 6) is 0.953. The largest absolute Gasteiger partial charge is 0.334 e. The average molecular weight is 382 g/mol. The summed E-state index contributed by atoms with van der Waals surface area (Å²) in [6, 6.07) is 11.4. The van der Waals surface area contributed by atoms with E-state index in [0.717, 1.165) is 46.4 Å². The molecule has 2 aromatic heterocycles. The summed E-state index contributed by atoms with van der Waals surface area (Å²) in [6.45, 7) is 0. The van der Waals surface area contributed by atoms with Crippen LogP contribution in [0.1, 0.15) is 18.7 Å². The molecule has 0 spiro atoms. The summed E-state index contributed by atoms with van der Waals surface area (Å²) in [4.78, 5) is 21.2. The highest BCUT2D eigenvalue weighted by Gasteiger charge is 2.10. The number of carbonyl (C=O) groups excluding carboxylic acids is 1. The van der Waals surface area contributed by atoms with Crippen LogP contribution < -0.4 is 5.32 Å². The number of benzene rings is 2. The molecular formula is C20H20ClN5O. The van der Waals surface area contributed by atoms with E-state index in [2.05, 4.69) is 19.9 Å². The fraction of sp³-hybridized carbons (Fsp3) is 0.250. The molecule has 7 heteroatoms. The van der Waals surface area contributed by atoms with Crippen LogP contribution in [-0.4, -0.2) is 25.0 Å². The van der Waals surface area contributed by atoms with Crippen LogP contribution in [0.2, 0.25) is 5.02 Å². The van der Waals surface area contributed by atoms with Crippen molar-refractivity contribution in [1.82, 2.24) is 19.1 Å². The van der Waals surface area contributed by atoms with Gasteiger partial charge in [-0.1, -0.05) is 11.6 Å². The van der Waals surface area contributed by atoms with Crippen molar-refractivity contribution in [3.8, 4) is 0 Å². The zero-order chi connectivity index (χ0) is 19.0. The minimum Gasteiger partial charge on any atom is -0.334 e. The van der Waals surface area contributed by atoms with Crippen molar-refractivity contribution in [2.45, 2.75) is 19.3 Å². The van der Waals surface area contributed by atoms with Crippen LogP contribution in [-0.2, 0) is 25.3 Å². The van der Waals surface area contributed by atoms with Gasteiger partial charge in [-0.2, -0.15) is 0 Å². The molecule has 0 aliphatic carbocycles. The Hall–Kier alpha value is -2.86. The summed E-state index contributed by atoms with van der Waals surface area (Å²) < 4.78 is 3.99. The summed E-state index contributed by atoms with van der Waals surface area (Å²) in [5, 5.41) is 3.64. The smallest absolute Gasteiger partial charge is 0.224 e. The Morgan fingerprint density at radius 1 is 1.11 bits per heavy atom. The highest BCUT2D eigenvalue weighted by atomic mass is 35.5. The lowest BCUT2D eigenvalue weighted by Gasteiger charge is -2.06. The first-order valence-electron chi connectivity index (χ1n) is 8.83. The van der Waals surface area contributed by atoms with Crippen molar-refractivity contribution in [3.05, 3.63) is 53.6 Å². The Labute approximate surface area is 161 Å². The topological polar surface area (TPSA) is 64.7 Å². The highest BCUT2D eigenvalue weighted by Crippen LogP contribution is 2.21. The first kappa shape index (κ1) is 17.5. The van der Waals surface area contributed by atoms with Crippen LogP contribution in [0.15, 0.2) is 42.7 Å². The van der Waals surface area contributed by atoms with E-state index in [1.54, 1.807) is 6.33 Å². The standard InChI is InChI=1S/C20H20ClN5O/c1-25-12-22-15-8-7-14(11-18(15)25)23-20(27)5-3-4-19-24-16-10-13(21)6-9-17(16)26(19)2/h6-12H,3-5H2,1-2H3,(H,23,27). The van der Waals surface area contributed by atoms with Gasteiger partial charge in [-0.3, -0.25) is 4.79 Å². The van der Waals surface area contributed by atoms with Gasteiger partial charge < -0.3 is 14.5 Å². The molecule has 6 nitrogen and oxygen atoms in total. The van der Waals surface area contributed by atoms with Crippen molar-refractivity contribution < 1.29 is 4.79 Å². The number of hydrogen-bond acceptors (Lipinski definition) is 3. The predicted molar refractivity (Wildman–Crippen MR) is 108 cm³/mol. The van der Waals surface area contributed by atoms with Crippen LogP contribution in [0, 0.1) is 0 Å². The SMILES string of the molecule is Cn1cnc2ccc(NC(=O)CCCc3nc4cc(Cl)ccc4n3C)cc21. The Morgan fingerprint density at radius 3 is 2.81 bits per heavy atom. The third-order valence-electron chi connectivity index (χ3n) is 4.75. The number of halogens is 1. The third kappa shape index (κ3) is 3.53. The summed E-state index contributed by atoms with van der Waals surface area (Å²) in [7, 11) is 3.92. The first-order valence-corrected chi connectivity index (χ1v) is 9.21. The van der Waals surface area contributed by atoms with Gasteiger partial charge >= 0.3 is 0 Å². The molecule has 0 unspecified atom stereocenters. The zero-order valence-electron chi connectivity index (χ0n) is 15.2. The van der Waals surface area contributed by atoms with E-state index < -0.39 is 0 Å². The number of hydrogen-bond donors (Lipinski definition) is 1. The average Bonchev–Trinajstić information content (AvgIpc) is 3.15. The summed E-state index contributed by atoms with van der Waals surface area (Å²) in [5.41, 5.74) is 4.62. The Kier molecular flexibility index (Phi) is 4.58. The van der Waals surface area contributed by atoms with E-state index in [1.165, 1.54) is 0 Å². The monoisotopic (exact) mass is 381 g/mol. The van der Waals surface area contributed by atoms with E-state index in [0.29, 0.717) is 11.4 Å². The van der Waals surface area contributed by atoms with Crippen molar-refractivity contribution in [2.24, 2.45) is 14.1 Å². The van der Waals surface area contributed by atoms with Crippen LogP contribution in [0.5, 0.6) is 0 Å². The Balaban J connectivity index is 1.37. The molecule has 0 atom stereocenters. The molecule has 1 amide bonds. The maximum absolute atomic E-state index is 12.3. The number of carbonyl (C=O) groups is 1. The van der Waals surface area contributed by atoms with Crippen molar-refractivity contribution in [3.63, 3.8) is 0 Å². The second kappa shape index (κ2) is 7.04. The number of anilines is 1. The summed E-state index contributed by atoms with van der Waals surface area (Å²) in [6.07, 6.45) is 3.66. The second-order valence-electron chi connectivity index (χ2n) is 6.68. The number of imidazole rings is 2. The molecule has 2 aromatic carbocycles. The van der Waals surface area contributed by atoms with Crippen LogP contribution in [0.25, 0.3) is 22.1 Å². The van der Waals surface area contributed by atoms with Gasteiger partial charge in [0, 0.05) is 37.6 Å². The number of nitrogens with one attached hydrogen (secondary N) is 1. The van der Waals surface area contributed by atoms with Gasteiger partial charge in [0.1, 0.15) is 5.82 Å². The van der Waals surface area contributed by atoms with Gasteiger partial charge in [-0.15, -0.1) is 0 Å². The quantitative estimate of drug-likeness (QED) is 0.566. The fourth-order valence-corrected chi connectivity index (χ4v) is 3.45. The molecule has 27 heavy (non-hydrogen) atoms. The van der Waals surface area contributed by atoms with E-state index in [1.807, 2.05) is 55.1 Å². The van der Waals surface area contributed by atoms with E-state index in [9.17, 15) is 4.79 Å². The maximum atomic E-state index is 12.3. The molecule has 1 N–H and O–H groups in total. The van der Waals surface area contributed by atoms with Crippen molar-refractivity contribution in [1.29, 1.82) is 0 Å². The van der Waals surface area contributed by atoms with E-state index in [4.69, 9.17) is 11.6 Å². The van der Waals surface area contributed by atoms with Crippen LogP contribution >= 0.6 is 11.6 Å². The highest BCUT2D eigenvalue weighted by molar-refractivity contribution is 6.31. The molecule has 0 radical (unpaired) electrons. The number of aromatic nitrogens is 4. The lowest BCUT2D eigenvalue weighted by atomic mass is 10.2. The number of amides is 1. The number of aryl methyl sites for hydroxylation is 3. The van der Waals surface area contributed by atoms with E-state index in [-0.39, 0.29) is 5.91 Å². The molecule has 0 fully saturated rings. The number of nitrogens with zero attached hydrogens (tertiary/aromatic N) is 4. The van der Waals surface area contributed by atoms with Crippen molar-refractivity contribution in [2.75, 3.05) is 5.32 Å². The molecular weight excluding hydrogens is 362 g/mol. The summed E-state index contributed by atoms with van der Waals surface area (Å²) >= 11 is 6.03. The van der Waals surface area contributed by atoms with Gasteiger partial charge in [-0.05, 0) is 42.8 Å². The lowest BCUT2D eigenvalue weighted by Crippen LogP contribution is -2.12. The van der Waals surface area contributed by atoms with Gasteiger partial charge in [0.05, 0.1) is 28.4 Å². The second-order valence-corrected chi connectivity index (χ2v) is 7.12. The normalized spacial score (nSPS) is 11.4. The van der Waals surface area contributed by atoms with Gasteiger partial charge in [-0.25, -0.2) is 9.97 Å². The number of rotatable bonds is 5. The zero-order valence-corrected chi connectivity index (χ0v) is 16.0. The Bertz CT molecular complexity index is 1140. The molecule has 0 bridgehead atoms. The lowest BCUT2D eigenvalue weighted by molar-refractivity contribution is -0.116. The molecule has 0 aliphatic heterocycles. The molecule has 0 saturated heterocycles. The molecule has 4 aromatic rings. The molecule has 4 rings (SSSR count). The van der Waals surface area contributed by atoms with Crippen LogP contribution in [0.4, 0.5) is 5.69 Å². The predicted octanol–water partition coefficient (Wildman–Crippen LogP) is 4.07. The molecule has 0 saturated carbocycles.